The zero-order valence-corrected chi connectivity index (χ0v) is 11.7. The molecule has 0 bridgehead atoms. The lowest BCUT2D eigenvalue weighted by atomic mass is 10.2. The van der Waals surface area contributed by atoms with E-state index in [2.05, 4.69) is 5.92 Å². The van der Waals surface area contributed by atoms with Gasteiger partial charge in [0.05, 0.1) is 25.5 Å². The zero-order valence-electron chi connectivity index (χ0n) is 11.7. The smallest absolute Gasteiger partial charge is 0.142 e. The molecule has 0 aliphatic rings. The third kappa shape index (κ3) is 4.82. The van der Waals surface area contributed by atoms with Crippen LogP contribution in [0.3, 0.4) is 0 Å². The number of likely N-dealkylation sites (N-methyl/N-ethyl adjacent to an activating group) is 1. The molecule has 0 fully saturated rings. The van der Waals surface area contributed by atoms with Crippen molar-refractivity contribution >= 4 is 5.69 Å². The van der Waals surface area contributed by atoms with Crippen LogP contribution in [0, 0.1) is 19.3 Å². The molecule has 4 nitrogen and oxygen atoms in total. The molecule has 0 heterocycles. The summed E-state index contributed by atoms with van der Waals surface area (Å²) >= 11 is 0. The number of ether oxygens (including phenoxy) is 2. The summed E-state index contributed by atoms with van der Waals surface area (Å²) in [5.41, 5.74) is 2.08. The van der Waals surface area contributed by atoms with E-state index in [4.69, 9.17) is 15.9 Å². The Labute approximate surface area is 114 Å². The molecule has 0 spiro atoms. The number of terminal acetylenes is 1. The molecule has 0 saturated heterocycles. The molecule has 0 saturated carbocycles. The molecule has 0 aromatic heterocycles. The third-order valence-corrected chi connectivity index (χ3v) is 2.73. The van der Waals surface area contributed by atoms with Gasteiger partial charge in [-0.1, -0.05) is 12.0 Å². The molecule has 1 rings (SSSR count). The van der Waals surface area contributed by atoms with Crippen molar-refractivity contribution in [1.82, 2.24) is 0 Å². The van der Waals surface area contributed by atoms with Gasteiger partial charge >= 0.3 is 0 Å². The van der Waals surface area contributed by atoms with Crippen molar-refractivity contribution in [3.63, 3.8) is 0 Å². The number of rotatable bonds is 7. The minimum atomic E-state index is -0.594. The maximum Gasteiger partial charge on any atom is 0.142 e. The largest absolute Gasteiger partial charge is 0.495 e. The fourth-order valence-electron chi connectivity index (χ4n) is 1.82. The molecule has 1 unspecified atom stereocenters. The number of aliphatic hydroxyl groups is 1. The Balaban J connectivity index is 2.64. The molecule has 1 aromatic rings. The molecule has 0 aliphatic heterocycles. The number of aliphatic hydroxyl groups excluding tert-OH is 1. The summed E-state index contributed by atoms with van der Waals surface area (Å²) in [6.45, 7) is 2.91. The number of anilines is 1. The van der Waals surface area contributed by atoms with Crippen LogP contribution < -0.4 is 9.64 Å². The van der Waals surface area contributed by atoms with Gasteiger partial charge in [0.1, 0.15) is 12.4 Å². The molecule has 1 aromatic carbocycles. The highest BCUT2D eigenvalue weighted by Gasteiger charge is 2.13. The number of benzene rings is 1. The van der Waals surface area contributed by atoms with Crippen LogP contribution >= 0.6 is 0 Å². The maximum absolute atomic E-state index is 9.86. The van der Waals surface area contributed by atoms with Crippen molar-refractivity contribution in [1.29, 1.82) is 0 Å². The lowest BCUT2D eigenvalue weighted by Gasteiger charge is -2.24. The standard InChI is InChI=1S/C15H21NO3/c1-5-8-19-11-13(17)10-16(3)14-9-12(2)6-7-15(14)18-4/h1,6-7,9,13,17H,8,10-11H2,2-4H3. The van der Waals surface area contributed by atoms with Gasteiger partial charge in [0, 0.05) is 13.6 Å². The second-order valence-corrected chi connectivity index (χ2v) is 4.43. The van der Waals surface area contributed by atoms with Crippen LogP contribution in [0.15, 0.2) is 18.2 Å². The first-order valence-electron chi connectivity index (χ1n) is 6.13. The second kappa shape index (κ2) is 7.67. The first kappa shape index (κ1) is 15.4. The number of hydrogen-bond acceptors (Lipinski definition) is 4. The van der Waals surface area contributed by atoms with Crippen molar-refractivity contribution in [2.45, 2.75) is 13.0 Å². The summed E-state index contributed by atoms with van der Waals surface area (Å²) < 4.78 is 10.4. The average Bonchev–Trinajstić information content (AvgIpc) is 2.39. The Morgan fingerprint density at radius 1 is 1.47 bits per heavy atom. The fraction of sp³-hybridized carbons (Fsp3) is 0.467. The van der Waals surface area contributed by atoms with Gasteiger partial charge in [0.15, 0.2) is 0 Å². The Morgan fingerprint density at radius 3 is 2.84 bits per heavy atom. The molecule has 19 heavy (non-hydrogen) atoms. The molecular formula is C15H21NO3. The van der Waals surface area contributed by atoms with E-state index in [9.17, 15) is 5.11 Å². The fourth-order valence-corrected chi connectivity index (χ4v) is 1.82. The Bertz CT molecular complexity index is 440. The molecule has 1 atom stereocenters. The van der Waals surface area contributed by atoms with Crippen LogP contribution in [0.2, 0.25) is 0 Å². The highest BCUT2D eigenvalue weighted by molar-refractivity contribution is 5.59. The molecule has 0 aliphatic carbocycles. The van der Waals surface area contributed by atoms with E-state index in [-0.39, 0.29) is 13.2 Å². The van der Waals surface area contributed by atoms with E-state index in [1.165, 1.54) is 0 Å². The second-order valence-electron chi connectivity index (χ2n) is 4.43. The van der Waals surface area contributed by atoms with Crippen LogP contribution in [0.1, 0.15) is 5.56 Å². The number of methoxy groups -OCH3 is 1. The molecule has 0 amide bonds. The van der Waals surface area contributed by atoms with Crippen molar-refractivity contribution < 1.29 is 14.6 Å². The van der Waals surface area contributed by atoms with Crippen molar-refractivity contribution in [2.24, 2.45) is 0 Å². The first-order chi connectivity index (χ1) is 9.08. The predicted octanol–water partition coefficient (Wildman–Crippen LogP) is 1.45. The van der Waals surface area contributed by atoms with E-state index < -0.39 is 6.10 Å². The minimum absolute atomic E-state index is 0.217. The summed E-state index contributed by atoms with van der Waals surface area (Å²) in [5.74, 6) is 3.15. The number of nitrogens with zero attached hydrogens (tertiary/aromatic N) is 1. The van der Waals surface area contributed by atoms with E-state index in [0.717, 1.165) is 17.0 Å². The van der Waals surface area contributed by atoms with Gasteiger partial charge in [-0.05, 0) is 24.6 Å². The minimum Gasteiger partial charge on any atom is -0.495 e. The van der Waals surface area contributed by atoms with E-state index >= 15 is 0 Å². The monoisotopic (exact) mass is 263 g/mol. The summed E-state index contributed by atoms with van der Waals surface area (Å²) in [5, 5.41) is 9.86. The third-order valence-electron chi connectivity index (χ3n) is 2.73. The lowest BCUT2D eigenvalue weighted by molar-refractivity contribution is 0.0558. The number of aryl methyl sites for hydroxylation is 1. The van der Waals surface area contributed by atoms with E-state index in [1.54, 1.807) is 7.11 Å². The molecule has 104 valence electrons. The number of hydrogen-bond donors (Lipinski definition) is 1. The van der Waals surface area contributed by atoms with Gasteiger partial charge in [0.25, 0.3) is 0 Å². The van der Waals surface area contributed by atoms with Crippen molar-refractivity contribution in [3.05, 3.63) is 23.8 Å². The van der Waals surface area contributed by atoms with Crippen molar-refractivity contribution in [2.75, 3.05) is 38.8 Å². The van der Waals surface area contributed by atoms with Crippen molar-refractivity contribution in [3.8, 4) is 18.1 Å². The lowest BCUT2D eigenvalue weighted by Crippen LogP contribution is -2.32. The summed E-state index contributed by atoms with van der Waals surface area (Å²) in [6, 6.07) is 5.93. The van der Waals surface area contributed by atoms with Gasteiger partial charge in [-0.3, -0.25) is 0 Å². The summed E-state index contributed by atoms with van der Waals surface area (Å²) in [7, 11) is 3.54. The Kier molecular flexibility index (Phi) is 6.20. The summed E-state index contributed by atoms with van der Waals surface area (Å²) in [6.07, 6.45) is 4.48. The average molecular weight is 263 g/mol. The Morgan fingerprint density at radius 2 is 2.21 bits per heavy atom. The quantitative estimate of drug-likeness (QED) is 0.597. The SMILES string of the molecule is C#CCOCC(O)CN(C)c1cc(C)ccc1OC. The van der Waals surface area contributed by atoms with E-state index in [1.807, 2.05) is 37.1 Å². The zero-order chi connectivity index (χ0) is 14.3. The highest BCUT2D eigenvalue weighted by Crippen LogP contribution is 2.28. The topological polar surface area (TPSA) is 41.9 Å². The van der Waals surface area contributed by atoms with Crippen LogP contribution in [-0.4, -0.2) is 45.1 Å². The molecular weight excluding hydrogens is 242 g/mol. The maximum atomic E-state index is 9.86. The van der Waals surface area contributed by atoms with Gasteiger partial charge in [0.2, 0.25) is 0 Å². The highest BCUT2D eigenvalue weighted by atomic mass is 16.5. The van der Waals surface area contributed by atoms with Gasteiger partial charge in [-0.15, -0.1) is 6.42 Å². The van der Waals surface area contributed by atoms with E-state index in [0.29, 0.717) is 6.54 Å². The van der Waals surface area contributed by atoms with Gasteiger partial charge in [-0.25, -0.2) is 0 Å². The van der Waals surface area contributed by atoms with Crippen LogP contribution in [0.25, 0.3) is 0 Å². The molecule has 1 N–H and O–H groups in total. The van der Waals surface area contributed by atoms with Gasteiger partial charge < -0.3 is 19.5 Å². The van der Waals surface area contributed by atoms with Crippen LogP contribution in [0.5, 0.6) is 5.75 Å². The van der Waals surface area contributed by atoms with Crippen LogP contribution in [0.4, 0.5) is 5.69 Å². The predicted molar refractivity (Wildman–Crippen MR) is 76.7 cm³/mol. The first-order valence-corrected chi connectivity index (χ1v) is 6.13. The summed E-state index contributed by atoms with van der Waals surface area (Å²) in [4.78, 5) is 1.94. The normalized spacial score (nSPS) is 11.7. The molecule has 0 radical (unpaired) electrons. The van der Waals surface area contributed by atoms with Crippen LogP contribution in [-0.2, 0) is 4.74 Å². The molecule has 4 heteroatoms. The Hall–Kier alpha value is -1.70. The van der Waals surface area contributed by atoms with Gasteiger partial charge in [-0.2, -0.15) is 0 Å².